The lowest BCUT2D eigenvalue weighted by atomic mass is 10.1. The fraction of sp³-hybridized carbons (Fsp3) is 0.200. The van der Waals surface area contributed by atoms with Crippen molar-refractivity contribution in [2.45, 2.75) is 6.92 Å². The molecule has 0 aliphatic rings. The number of Topliss-reactive ketones (excluding diaryl/α,β-unsaturated/α-hetero) is 1. The second kappa shape index (κ2) is 5.21. The highest BCUT2D eigenvalue weighted by Crippen LogP contribution is 2.31. The van der Waals surface area contributed by atoms with Crippen LogP contribution in [0, 0.1) is 15.9 Å². The van der Waals surface area contributed by atoms with Gasteiger partial charge in [-0.3, -0.25) is 14.9 Å². The first-order valence-electron chi connectivity index (χ1n) is 4.76. The third kappa shape index (κ3) is 2.59. The van der Waals surface area contributed by atoms with Gasteiger partial charge >= 0.3 is 11.7 Å². The van der Waals surface area contributed by atoms with Crippen molar-refractivity contribution >= 4 is 17.4 Å². The number of hydrogen-bond acceptors (Lipinski definition) is 6. The van der Waals surface area contributed by atoms with Crippen LogP contribution in [0.4, 0.5) is 10.1 Å². The Bertz CT molecular complexity index is 527. The summed E-state index contributed by atoms with van der Waals surface area (Å²) in [5.74, 6) is -4.86. The van der Waals surface area contributed by atoms with Crippen LogP contribution in [-0.4, -0.2) is 28.4 Å². The number of phenols is 1. The Labute approximate surface area is 99.9 Å². The molecule has 0 saturated heterocycles. The molecule has 1 N–H and O–H groups in total. The van der Waals surface area contributed by atoms with Crippen molar-refractivity contribution in [1.29, 1.82) is 0 Å². The van der Waals surface area contributed by atoms with E-state index in [1.165, 1.54) is 6.92 Å². The molecule has 0 fully saturated rings. The second-order valence-corrected chi connectivity index (χ2v) is 3.13. The SMILES string of the molecule is CCOC(=O)C(=O)c1cc(F)cc([N+](=O)[O-])c1O. The molecule has 1 aromatic carbocycles. The molecule has 8 heteroatoms. The van der Waals surface area contributed by atoms with Crippen molar-refractivity contribution in [1.82, 2.24) is 0 Å². The van der Waals surface area contributed by atoms with Crippen LogP contribution in [0.15, 0.2) is 12.1 Å². The summed E-state index contributed by atoms with van der Waals surface area (Å²) in [5.41, 5.74) is -1.80. The average Bonchev–Trinajstić information content (AvgIpc) is 2.30. The van der Waals surface area contributed by atoms with Crippen LogP contribution in [0.5, 0.6) is 5.75 Å². The summed E-state index contributed by atoms with van der Waals surface area (Å²) in [6.07, 6.45) is 0. The summed E-state index contributed by atoms with van der Waals surface area (Å²) in [6.45, 7) is 1.35. The Morgan fingerprint density at radius 1 is 1.50 bits per heavy atom. The van der Waals surface area contributed by atoms with Crippen LogP contribution in [0.25, 0.3) is 0 Å². The lowest BCUT2D eigenvalue weighted by molar-refractivity contribution is -0.386. The minimum absolute atomic E-state index is 0.0945. The minimum Gasteiger partial charge on any atom is -0.502 e. The fourth-order valence-electron chi connectivity index (χ4n) is 1.20. The van der Waals surface area contributed by atoms with Crippen molar-refractivity contribution in [3.8, 4) is 5.75 Å². The molecule has 0 heterocycles. The van der Waals surface area contributed by atoms with E-state index in [1.807, 2.05) is 0 Å². The van der Waals surface area contributed by atoms with E-state index in [0.717, 1.165) is 0 Å². The molecule has 0 aliphatic heterocycles. The molecule has 0 aliphatic carbocycles. The van der Waals surface area contributed by atoms with E-state index in [2.05, 4.69) is 4.74 Å². The standard InChI is InChI=1S/C10H8FNO6/c1-2-18-10(15)9(14)6-3-5(11)4-7(8(6)13)12(16)17/h3-4,13H,2H2,1H3. The first-order chi connectivity index (χ1) is 8.38. The maximum Gasteiger partial charge on any atom is 0.379 e. The first kappa shape index (κ1) is 13.6. The highest BCUT2D eigenvalue weighted by molar-refractivity contribution is 6.41. The number of benzene rings is 1. The molecule has 18 heavy (non-hydrogen) atoms. The van der Waals surface area contributed by atoms with Crippen molar-refractivity contribution in [2.75, 3.05) is 6.61 Å². The van der Waals surface area contributed by atoms with E-state index < -0.39 is 39.5 Å². The molecule has 96 valence electrons. The predicted octanol–water partition coefficient (Wildman–Crippen LogP) is 1.19. The number of nitrogens with zero attached hydrogens (tertiary/aromatic N) is 1. The average molecular weight is 257 g/mol. The molecule has 0 spiro atoms. The Hall–Kier alpha value is -2.51. The van der Waals surface area contributed by atoms with Gasteiger partial charge in [0.25, 0.3) is 5.78 Å². The summed E-state index contributed by atoms with van der Waals surface area (Å²) >= 11 is 0. The van der Waals surface area contributed by atoms with Gasteiger partial charge in [-0.2, -0.15) is 0 Å². The largest absolute Gasteiger partial charge is 0.502 e. The third-order valence-corrected chi connectivity index (χ3v) is 1.96. The first-order valence-corrected chi connectivity index (χ1v) is 4.76. The number of nitro groups is 1. The summed E-state index contributed by atoms with van der Waals surface area (Å²) in [6, 6.07) is 0.971. The molecule has 0 unspecified atom stereocenters. The Kier molecular flexibility index (Phi) is 3.93. The fourth-order valence-corrected chi connectivity index (χ4v) is 1.20. The third-order valence-electron chi connectivity index (χ3n) is 1.96. The normalized spacial score (nSPS) is 9.89. The summed E-state index contributed by atoms with van der Waals surface area (Å²) < 4.78 is 17.4. The van der Waals surface area contributed by atoms with Gasteiger partial charge in [-0.05, 0) is 13.0 Å². The zero-order valence-corrected chi connectivity index (χ0v) is 9.18. The maximum absolute atomic E-state index is 13.1. The molecule has 7 nitrogen and oxygen atoms in total. The summed E-state index contributed by atoms with van der Waals surface area (Å²) in [5, 5.41) is 19.9. The highest BCUT2D eigenvalue weighted by Gasteiger charge is 2.28. The second-order valence-electron chi connectivity index (χ2n) is 3.13. The van der Waals surface area contributed by atoms with Gasteiger partial charge in [0.1, 0.15) is 5.82 Å². The number of esters is 1. The van der Waals surface area contributed by atoms with Gasteiger partial charge in [0.05, 0.1) is 23.2 Å². The molecule has 1 aromatic rings. The number of carbonyl (C=O) groups excluding carboxylic acids is 2. The Morgan fingerprint density at radius 2 is 2.11 bits per heavy atom. The summed E-state index contributed by atoms with van der Waals surface area (Å²) in [4.78, 5) is 32.0. The molecule has 0 amide bonds. The monoisotopic (exact) mass is 257 g/mol. The van der Waals surface area contributed by atoms with E-state index in [0.29, 0.717) is 12.1 Å². The van der Waals surface area contributed by atoms with Crippen LogP contribution >= 0.6 is 0 Å². The number of carbonyl (C=O) groups is 2. The summed E-state index contributed by atoms with van der Waals surface area (Å²) in [7, 11) is 0. The zero-order chi connectivity index (χ0) is 13.9. The van der Waals surface area contributed by atoms with Crippen LogP contribution < -0.4 is 0 Å². The van der Waals surface area contributed by atoms with Gasteiger partial charge < -0.3 is 9.84 Å². The van der Waals surface area contributed by atoms with Gasteiger partial charge in [-0.1, -0.05) is 0 Å². The Balaban J connectivity index is 3.29. The lowest BCUT2D eigenvalue weighted by Gasteiger charge is -2.04. The number of halogens is 1. The van der Waals surface area contributed by atoms with E-state index in [4.69, 9.17) is 0 Å². The van der Waals surface area contributed by atoms with E-state index in [-0.39, 0.29) is 6.61 Å². The van der Waals surface area contributed by atoms with Crippen molar-refractivity contribution in [3.63, 3.8) is 0 Å². The van der Waals surface area contributed by atoms with E-state index in [9.17, 15) is 29.2 Å². The van der Waals surface area contributed by atoms with Crippen LogP contribution in [0.1, 0.15) is 17.3 Å². The van der Waals surface area contributed by atoms with Crippen molar-refractivity contribution < 1.29 is 28.7 Å². The molecule has 1 rings (SSSR count). The number of ketones is 1. The van der Waals surface area contributed by atoms with Crippen molar-refractivity contribution in [3.05, 3.63) is 33.6 Å². The number of hydrogen-bond donors (Lipinski definition) is 1. The number of phenolic OH excluding ortho intramolecular Hbond substituents is 1. The van der Waals surface area contributed by atoms with Crippen molar-refractivity contribution in [2.24, 2.45) is 0 Å². The van der Waals surface area contributed by atoms with Gasteiger partial charge in [-0.15, -0.1) is 0 Å². The topological polar surface area (TPSA) is 107 Å². The number of aromatic hydroxyl groups is 1. The quantitative estimate of drug-likeness (QED) is 0.285. The molecular formula is C10H8FNO6. The predicted molar refractivity (Wildman–Crippen MR) is 55.7 cm³/mol. The van der Waals surface area contributed by atoms with Gasteiger partial charge in [0.2, 0.25) is 5.75 Å². The maximum atomic E-state index is 13.1. The molecule has 0 aromatic heterocycles. The molecule has 0 saturated carbocycles. The van der Waals surface area contributed by atoms with Gasteiger partial charge in [0.15, 0.2) is 0 Å². The number of ether oxygens (including phenoxy) is 1. The number of rotatable bonds is 4. The minimum atomic E-state index is -1.35. The number of nitro benzene ring substituents is 1. The van der Waals surface area contributed by atoms with Gasteiger partial charge in [0, 0.05) is 0 Å². The Morgan fingerprint density at radius 3 is 2.61 bits per heavy atom. The smallest absolute Gasteiger partial charge is 0.379 e. The van der Waals surface area contributed by atoms with E-state index >= 15 is 0 Å². The zero-order valence-electron chi connectivity index (χ0n) is 9.18. The highest BCUT2D eigenvalue weighted by atomic mass is 19.1. The van der Waals surface area contributed by atoms with Crippen LogP contribution in [0.2, 0.25) is 0 Å². The van der Waals surface area contributed by atoms with Crippen LogP contribution in [-0.2, 0) is 9.53 Å². The molecular weight excluding hydrogens is 249 g/mol. The lowest BCUT2D eigenvalue weighted by Crippen LogP contribution is -2.18. The molecule has 0 bridgehead atoms. The van der Waals surface area contributed by atoms with E-state index in [1.54, 1.807) is 0 Å². The molecule has 0 radical (unpaired) electrons. The van der Waals surface area contributed by atoms with Gasteiger partial charge in [-0.25, -0.2) is 9.18 Å². The molecule has 0 atom stereocenters. The van der Waals surface area contributed by atoms with Crippen LogP contribution in [0.3, 0.4) is 0 Å².